The SMILES string of the molecule is CC(=O)Nc1ccc(C)c(NC(C)c2cn(C)nc2C)c1. The van der Waals surface area contributed by atoms with Crippen molar-refractivity contribution < 1.29 is 4.79 Å². The molecule has 5 heteroatoms. The summed E-state index contributed by atoms with van der Waals surface area (Å²) in [6.45, 7) is 7.67. The van der Waals surface area contributed by atoms with Crippen LogP contribution in [0.3, 0.4) is 0 Å². The molecular formula is C16H22N4O. The van der Waals surface area contributed by atoms with E-state index in [9.17, 15) is 4.79 Å². The van der Waals surface area contributed by atoms with Crippen molar-refractivity contribution >= 4 is 17.3 Å². The van der Waals surface area contributed by atoms with Crippen LogP contribution in [0.15, 0.2) is 24.4 Å². The Balaban J connectivity index is 2.22. The first kappa shape index (κ1) is 15.1. The van der Waals surface area contributed by atoms with E-state index in [2.05, 4.69) is 22.7 Å². The topological polar surface area (TPSA) is 59.0 Å². The van der Waals surface area contributed by atoms with E-state index in [1.807, 2.05) is 50.0 Å². The first-order valence-electron chi connectivity index (χ1n) is 7.01. The highest BCUT2D eigenvalue weighted by molar-refractivity contribution is 5.89. The number of anilines is 2. The van der Waals surface area contributed by atoms with Gasteiger partial charge in [0.1, 0.15) is 0 Å². The smallest absolute Gasteiger partial charge is 0.221 e. The number of aromatic nitrogens is 2. The van der Waals surface area contributed by atoms with Gasteiger partial charge in [0.15, 0.2) is 0 Å². The molecule has 1 aromatic carbocycles. The van der Waals surface area contributed by atoms with E-state index in [4.69, 9.17) is 0 Å². The number of aryl methyl sites for hydroxylation is 3. The van der Waals surface area contributed by atoms with E-state index >= 15 is 0 Å². The summed E-state index contributed by atoms with van der Waals surface area (Å²) < 4.78 is 1.82. The number of hydrogen-bond acceptors (Lipinski definition) is 3. The number of carbonyl (C=O) groups excluding carboxylic acids is 1. The number of nitrogens with one attached hydrogen (secondary N) is 2. The Morgan fingerprint density at radius 1 is 1.33 bits per heavy atom. The second-order valence-corrected chi connectivity index (χ2v) is 5.42. The van der Waals surface area contributed by atoms with Crippen molar-refractivity contribution in [2.75, 3.05) is 10.6 Å². The fourth-order valence-corrected chi connectivity index (χ4v) is 2.41. The minimum atomic E-state index is -0.0686. The monoisotopic (exact) mass is 286 g/mol. The Morgan fingerprint density at radius 3 is 2.62 bits per heavy atom. The lowest BCUT2D eigenvalue weighted by atomic mass is 10.1. The van der Waals surface area contributed by atoms with Gasteiger partial charge < -0.3 is 10.6 Å². The molecule has 0 aliphatic heterocycles. The van der Waals surface area contributed by atoms with E-state index in [1.165, 1.54) is 12.5 Å². The van der Waals surface area contributed by atoms with Crippen molar-refractivity contribution in [2.45, 2.75) is 33.7 Å². The van der Waals surface area contributed by atoms with Crippen LogP contribution in [0.25, 0.3) is 0 Å². The first-order chi connectivity index (χ1) is 9.86. The second-order valence-electron chi connectivity index (χ2n) is 5.42. The molecule has 0 aliphatic carbocycles. The molecule has 1 atom stereocenters. The average Bonchev–Trinajstić information content (AvgIpc) is 2.72. The summed E-state index contributed by atoms with van der Waals surface area (Å²) in [7, 11) is 1.92. The highest BCUT2D eigenvalue weighted by Crippen LogP contribution is 2.26. The third-order valence-electron chi connectivity index (χ3n) is 3.45. The molecule has 0 saturated carbocycles. The summed E-state index contributed by atoms with van der Waals surface area (Å²) in [5, 5.41) is 10.7. The largest absolute Gasteiger partial charge is 0.378 e. The zero-order chi connectivity index (χ0) is 15.6. The average molecular weight is 286 g/mol. The van der Waals surface area contributed by atoms with E-state index in [0.717, 1.165) is 22.6 Å². The molecule has 2 N–H and O–H groups in total. The number of amides is 1. The zero-order valence-corrected chi connectivity index (χ0v) is 13.2. The quantitative estimate of drug-likeness (QED) is 0.907. The second kappa shape index (κ2) is 5.99. The van der Waals surface area contributed by atoms with Crippen LogP contribution in [0.5, 0.6) is 0 Å². The van der Waals surface area contributed by atoms with Gasteiger partial charge in [-0.2, -0.15) is 5.10 Å². The van der Waals surface area contributed by atoms with Crippen LogP contribution in [-0.2, 0) is 11.8 Å². The van der Waals surface area contributed by atoms with Crippen molar-refractivity contribution in [3.63, 3.8) is 0 Å². The van der Waals surface area contributed by atoms with Crippen LogP contribution in [0.2, 0.25) is 0 Å². The molecule has 21 heavy (non-hydrogen) atoms. The van der Waals surface area contributed by atoms with Gasteiger partial charge in [0, 0.05) is 37.1 Å². The number of benzene rings is 1. The molecule has 2 aromatic rings. The van der Waals surface area contributed by atoms with Gasteiger partial charge >= 0.3 is 0 Å². The van der Waals surface area contributed by atoms with Crippen LogP contribution in [0.1, 0.15) is 36.7 Å². The summed E-state index contributed by atoms with van der Waals surface area (Å²) in [5.41, 5.74) is 5.13. The molecule has 0 fully saturated rings. The summed E-state index contributed by atoms with van der Waals surface area (Å²) in [6.07, 6.45) is 2.03. The van der Waals surface area contributed by atoms with Gasteiger partial charge in [-0.3, -0.25) is 9.48 Å². The molecule has 1 aromatic heterocycles. The molecule has 0 saturated heterocycles. The van der Waals surface area contributed by atoms with Gasteiger partial charge in [-0.1, -0.05) is 6.07 Å². The van der Waals surface area contributed by atoms with Crippen LogP contribution >= 0.6 is 0 Å². The summed E-state index contributed by atoms with van der Waals surface area (Å²) in [5.74, 6) is -0.0686. The van der Waals surface area contributed by atoms with Gasteiger partial charge in [0.05, 0.1) is 11.7 Å². The van der Waals surface area contributed by atoms with Crippen molar-refractivity contribution in [3.8, 4) is 0 Å². The Kier molecular flexibility index (Phi) is 4.31. The van der Waals surface area contributed by atoms with Gasteiger partial charge in [-0.25, -0.2) is 0 Å². The lowest BCUT2D eigenvalue weighted by molar-refractivity contribution is -0.114. The highest BCUT2D eigenvalue weighted by atomic mass is 16.1. The van der Waals surface area contributed by atoms with Crippen molar-refractivity contribution in [3.05, 3.63) is 41.2 Å². The van der Waals surface area contributed by atoms with Gasteiger partial charge in [0.25, 0.3) is 0 Å². The van der Waals surface area contributed by atoms with Crippen molar-refractivity contribution in [2.24, 2.45) is 7.05 Å². The van der Waals surface area contributed by atoms with Gasteiger partial charge in [-0.15, -0.1) is 0 Å². The molecule has 0 radical (unpaired) electrons. The lowest BCUT2D eigenvalue weighted by Gasteiger charge is -2.17. The Labute approximate surface area is 125 Å². The normalized spacial score (nSPS) is 12.0. The first-order valence-corrected chi connectivity index (χ1v) is 7.01. The lowest BCUT2D eigenvalue weighted by Crippen LogP contribution is -2.10. The third kappa shape index (κ3) is 3.62. The van der Waals surface area contributed by atoms with Gasteiger partial charge in [0.2, 0.25) is 5.91 Å². The van der Waals surface area contributed by atoms with Crippen LogP contribution in [0, 0.1) is 13.8 Å². The molecule has 0 spiro atoms. The molecular weight excluding hydrogens is 264 g/mol. The minimum Gasteiger partial charge on any atom is -0.378 e. The highest BCUT2D eigenvalue weighted by Gasteiger charge is 2.13. The van der Waals surface area contributed by atoms with Crippen LogP contribution in [-0.4, -0.2) is 15.7 Å². The number of hydrogen-bond donors (Lipinski definition) is 2. The zero-order valence-electron chi connectivity index (χ0n) is 13.2. The molecule has 112 valence electrons. The molecule has 0 bridgehead atoms. The molecule has 1 amide bonds. The van der Waals surface area contributed by atoms with E-state index < -0.39 is 0 Å². The minimum absolute atomic E-state index is 0.0686. The van der Waals surface area contributed by atoms with Gasteiger partial charge in [-0.05, 0) is 38.5 Å². The summed E-state index contributed by atoms with van der Waals surface area (Å²) in [6, 6.07) is 6.00. The molecule has 1 heterocycles. The maximum atomic E-state index is 11.2. The molecule has 1 unspecified atom stereocenters. The predicted molar refractivity (Wildman–Crippen MR) is 85.5 cm³/mol. The third-order valence-corrected chi connectivity index (χ3v) is 3.45. The van der Waals surface area contributed by atoms with E-state index in [-0.39, 0.29) is 11.9 Å². The number of nitrogens with zero attached hydrogens (tertiary/aromatic N) is 2. The van der Waals surface area contributed by atoms with Crippen LogP contribution in [0.4, 0.5) is 11.4 Å². The fraction of sp³-hybridized carbons (Fsp3) is 0.375. The molecule has 0 aliphatic rings. The fourth-order valence-electron chi connectivity index (χ4n) is 2.41. The van der Waals surface area contributed by atoms with Crippen molar-refractivity contribution in [1.29, 1.82) is 0 Å². The Morgan fingerprint density at radius 2 is 2.05 bits per heavy atom. The van der Waals surface area contributed by atoms with Crippen LogP contribution < -0.4 is 10.6 Å². The summed E-state index contributed by atoms with van der Waals surface area (Å²) >= 11 is 0. The molecule has 5 nitrogen and oxygen atoms in total. The maximum absolute atomic E-state index is 11.2. The number of rotatable bonds is 4. The number of carbonyl (C=O) groups is 1. The van der Waals surface area contributed by atoms with E-state index in [0.29, 0.717) is 0 Å². The standard InChI is InChI=1S/C16H22N4O/c1-10-6-7-14(18-13(4)21)8-16(10)17-11(2)15-9-20(5)19-12(15)3/h6-9,11,17H,1-5H3,(H,18,21). The Bertz CT molecular complexity index is 660. The summed E-state index contributed by atoms with van der Waals surface area (Å²) in [4.78, 5) is 11.2. The Hall–Kier alpha value is -2.30. The van der Waals surface area contributed by atoms with E-state index in [1.54, 1.807) is 0 Å². The predicted octanol–water partition coefficient (Wildman–Crippen LogP) is 3.17. The molecule has 2 rings (SSSR count). The van der Waals surface area contributed by atoms with Crippen molar-refractivity contribution in [1.82, 2.24) is 9.78 Å². The maximum Gasteiger partial charge on any atom is 0.221 e.